The maximum Gasteiger partial charge on any atom is 0.122 e. The second-order valence-corrected chi connectivity index (χ2v) is 1.26. The lowest BCUT2D eigenvalue weighted by atomic mass is 10.5. The van der Waals surface area contributed by atoms with Crippen LogP contribution in [0.4, 0.5) is 0 Å². The van der Waals surface area contributed by atoms with Crippen LogP contribution in [0.2, 0.25) is 1.41 Å². The first-order valence-corrected chi connectivity index (χ1v) is 2.55. The van der Waals surface area contributed by atoms with E-state index in [1.54, 1.807) is 5.31 Å². The summed E-state index contributed by atoms with van der Waals surface area (Å²) in [6, 6.07) is 0. The third kappa shape index (κ3) is 3.96. The summed E-state index contributed by atoms with van der Waals surface area (Å²) >= 11 is 0. The van der Waals surface area contributed by atoms with Gasteiger partial charge in [-0.15, -0.1) is 0 Å². The lowest BCUT2D eigenvalue weighted by Gasteiger charge is -1.91. The highest BCUT2D eigenvalue weighted by Crippen LogP contribution is 1.65. The Hall–Kier alpha value is -0.0400. The number of rotatable bonds is 3. The number of nitrogens with one attached hydrogen (secondary N) is 1. The fourth-order valence-corrected chi connectivity index (χ4v) is 0.316. The van der Waals surface area contributed by atoms with Crippen molar-refractivity contribution < 1.29 is 1.41 Å². The molecule has 0 heterocycles. The molecule has 0 amide bonds. The summed E-state index contributed by atoms with van der Waals surface area (Å²) in [7, 11) is 0. The maximum atomic E-state index is 7.05. The molecule has 0 saturated heterocycles. The molecule has 0 rings (SSSR count). The van der Waals surface area contributed by atoms with Gasteiger partial charge < -0.3 is 5.31 Å². The van der Waals surface area contributed by atoms with E-state index in [4.69, 9.17) is 1.41 Å². The Morgan fingerprint density at radius 2 is 2.33 bits per heavy atom. The summed E-state index contributed by atoms with van der Waals surface area (Å²) in [6.07, 6.45) is 1.08. The zero-order chi connectivity index (χ0) is 5.70. The Morgan fingerprint density at radius 1 is 1.67 bits per heavy atom. The highest BCUT2D eigenvalue weighted by molar-refractivity contribution is 4.35. The van der Waals surface area contributed by atoms with Crippen LogP contribution in [0, 0.1) is 0 Å². The normalized spacial score (nSPS) is 12.2. The first kappa shape index (κ1) is 4.13. The predicted molar refractivity (Wildman–Crippen MR) is 28.8 cm³/mol. The van der Waals surface area contributed by atoms with Crippen molar-refractivity contribution in [1.29, 1.82) is 0 Å². The van der Waals surface area contributed by atoms with Gasteiger partial charge in [-0.2, -0.15) is 0 Å². The van der Waals surface area contributed by atoms with E-state index in [9.17, 15) is 0 Å². The summed E-state index contributed by atoms with van der Waals surface area (Å²) < 4.78 is 7.05. The van der Waals surface area contributed by atoms with Gasteiger partial charge in [-0.1, -0.05) is 13.8 Å². The van der Waals surface area contributed by atoms with Crippen LogP contribution in [-0.2, 0) is 0 Å². The van der Waals surface area contributed by atoms with Crippen LogP contribution >= 0.6 is 0 Å². The first-order valence-electron chi connectivity index (χ1n) is 2.99. The number of hydrogen-bond acceptors (Lipinski definition) is 1. The van der Waals surface area contributed by atoms with Crippen LogP contribution in [0.25, 0.3) is 0 Å². The first-order chi connectivity index (χ1) is 3.31. The Morgan fingerprint density at radius 3 is 2.50 bits per heavy atom. The van der Waals surface area contributed by atoms with Crippen LogP contribution in [0.15, 0.2) is 0 Å². The molecule has 0 bridgehead atoms. The lowest BCUT2D eigenvalue weighted by molar-refractivity contribution is 0.703. The van der Waals surface area contributed by atoms with Crippen molar-refractivity contribution in [2.75, 3.05) is 13.1 Å². The minimum absolute atomic E-state index is 0.841. The van der Waals surface area contributed by atoms with Crippen LogP contribution in [-0.4, -0.2) is 13.1 Å². The van der Waals surface area contributed by atoms with E-state index in [0.717, 1.165) is 19.5 Å². The zero-order valence-corrected chi connectivity index (χ0v) is 4.57. The van der Waals surface area contributed by atoms with E-state index < -0.39 is 0 Å². The van der Waals surface area contributed by atoms with Crippen molar-refractivity contribution in [3.05, 3.63) is 0 Å². The fourth-order valence-electron chi connectivity index (χ4n) is 0.316. The highest BCUT2D eigenvalue weighted by Gasteiger charge is 1.71. The van der Waals surface area contributed by atoms with Crippen LogP contribution in [0.5, 0.6) is 0 Å². The second-order valence-electron chi connectivity index (χ2n) is 1.26. The Balaban J connectivity index is 2.83. The Bertz CT molecular complexity index is 39.1. The average molecular weight is 88.2 g/mol. The summed E-state index contributed by atoms with van der Waals surface area (Å²) in [5.41, 5.74) is 0. The van der Waals surface area contributed by atoms with Gasteiger partial charge in [-0.3, -0.25) is 0 Å². The van der Waals surface area contributed by atoms with E-state index >= 15 is 0 Å². The summed E-state index contributed by atoms with van der Waals surface area (Å²) in [5, 5.41) is 1.56. The maximum absolute atomic E-state index is 7.05. The SMILES string of the molecule is [2H]N(CC)CCC. The van der Waals surface area contributed by atoms with Gasteiger partial charge >= 0.3 is 0 Å². The summed E-state index contributed by atoms with van der Waals surface area (Å²) in [6.45, 7) is 5.81. The molecule has 0 aliphatic heterocycles. The van der Waals surface area contributed by atoms with Gasteiger partial charge in [0.25, 0.3) is 0 Å². The Labute approximate surface area is 41.2 Å². The topological polar surface area (TPSA) is 12.0 Å². The van der Waals surface area contributed by atoms with E-state index in [-0.39, 0.29) is 0 Å². The Kier molecular flexibility index (Phi) is 3.41. The van der Waals surface area contributed by atoms with E-state index in [1.807, 2.05) is 6.92 Å². The molecule has 0 atom stereocenters. The zero-order valence-electron chi connectivity index (χ0n) is 5.57. The van der Waals surface area contributed by atoms with Crippen molar-refractivity contribution >= 4 is 0 Å². The van der Waals surface area contributed by atoms with Gasteiger partial charge in [0.1, 0.15) is 1.41 Å². The van der Waals surface area contributed by atoms with Gasteiger partial charge in [0.05, 0.1) is 0 Å². The predicted octanol–water partition coefficient (Wildman–Crippen LogP) is 1.01. The number of hydrogen-bond donors (Lipinski definition) is 1. The molecule has 38 valence electrons. The molecule has 0 aliphatic rings. The third-order valence-corrected chi connectivity index (χ3v) is 0.605. The molecule has 1 nitrogen and oxygen atoms in total. The monoisotopic (exact) mass is 88.1 g/mol. The van der Waals surface area contributed by atoms with Crippen molar-refractivity contribution in [3.8, 4) is 0 Å². The molecule has 0 aromatic carbocycles. The van der Waals surface area contributed by atoms with E-state index in [0.29, 0.717) is 0 Å². The van der Waals surface area contributed by atoms with Crippen molar-refractivity contribution in [2.24, 2.45) is 0 Å². The molecule has 0 spiro atoms. The molecule has 0 aromatic rings. The van der Waals surface area contributed by atoms with Gasteiger partial charge in [0.2, 0.25) is 0 Å². The smallest absolute Gasteiger partial charge is 0.122 e. The van der Waals surface area contributed by atoms with Gasteiger partial charge in [0, 0.05) is 0 Å². The third-order valence-electron chi connectivity index (χ3n) is 0.605. The van der Waals surface area contributed by atoms with Crippen LogP contribution in [0.3, 0.4) is 0 Å². The molecular weight excluding hydrogens is 74.1 g/mol. The van der Waals surface area contributed by atoms with Crippen LogP contribution < -0.4 is 5.31 Å². The minimum atomic E-state index is 0.841. The molecule has 0 unspecified atom stereocenters. The summed E-state index contributed by atoms with van der Waals surface area (Å²) in [5.74, 6) is 0. The summed E-state index contributed by atoms with van der Waals surface area (Å²) in [4.78, 5) is 0. The molecule has 1 heteroatoms. The quantitative estimate of drug-likeness (QED) is 0.543. The lowest BCUT2D eigenvalue weighted by Crippen LogP contribution is -2.12. The second kappa shape index (κ2) is 4.96. The van der Waals surface area contributed by atoms with E-state index in [2.05, 4.69) is 6.92 Å². The molecule has 0 aromatic heterocycles. The molecule has 0 aliphatic carbocycles. The molecule has 6 heavy (non-hydrogen) atoms. The van der Waals surface area contributed by atoms with Crippen molar-refractivity contribution in [1.82, 2.24) is 5.31 Å². The highest BCUT2D eigenvalue weighted by atomic mass is 14.8. The van der Waals surface area contributed by atoms with Crippen molar-refractivity contribution in [3.63, 3.8) is 0 Å². The molecule has 0 radical (unpaired) electrons. The average Bonchev–Trinajstić information content (AvgIpc) is 1.68. The molecule has 1 N–H and O–H groups in total. The van der Waals surface area contributed by atoms with Gasteiger partial charge in [-0.25, -0.2) is 0 Å². The molecule has 0 saturated carbocycles. The fraction of sp³-hybridized carbons (Fsp3) is 1.00. The van der Waals surface area contributed by atoms with Crippen molar-refractivity contribution in [2.45, 2.75) is 20.3 Å². The largest absolute Gasteiger partial charge is 0.317 e. The molecular formula is C5H13N. The van der Waals surface area contributed by atoms with Gasteiger partial charge in [0.15, 0.2) is 0 Å². The van der Waals surface area contributed by atoms with E-state index in [1.165, 1.54) is 0 Å². The van der Waals surface area contributed by atoms with Gasteiger partial charge in [-0.05, 0) is 19.5 Å². The standard InChI is InChI=1S/C5H13N/c1-3-5-6-4-2/h6H,3-5H2,1-2H3/i/hD. The molecule has 0 fully saturated rings. The van der Waals surface area contributed by atoms with Crippen LogP contribution in [0.1, 0.15) is 20.3 Å². The minimum Gasteiger partial charge on any atom is -0.317 e.